The summed E-state index contributed by atoms with van der Waals surface area (Å²) in [6.07, 6.45) is 0.804. The first kappa shape index (κ1) is 14.4. The van der Waals surface area contributed by atoms with Gasteiger partial charge in [-0.25, -0.2) is 4.39 Å². The van der Waals surface area contributed by atoms with Gasteiger partial charge in [-0.2, -0.15) is 0 Å². The minimum atomic E-state index is -0.307. The van der Waals surface area contributed by atoms with Crippen LogP contribution < -0.4 is 5.32 Å². The molecule has 0 saturated carbocycles. The van der Waals surface area contributed by atoms with Gasteiger partial charge in [-0.3, -0.25) is 0 Å². The Balaban J connectivity index is 2.78. The Morgan fingerprint density at radius 1 is 1.47 bits per heavy atom. The van der Waals surface area contributed by atoms with Crippen LogP contribution in [0.3, 0.4) is 0 Å². The van der Waals surface area contributed by atoms with Gasteiger partial charge in [0, 0.05) is 18.2 Å². The van der Waals surface area contributed by atoms with Crippen molar-refractivity contribution < 1.29 is 9.13 Å². The van der Waals surface area contributed by atoms with Gasteiger partial charge >= 0.3 is 0 Å². The molecular formula is C13H19ClFNO. The maximum atomic E-state index is 12.9. The molecule has 0 bridgehead atoms. The second-order valence-corrected chi connectivity index (χ2v) is 4.45. The van der Waals surface area contributed by atoms with Crippen molar-refractivity contribution in [1.82, 2.24) is 5.32 Å². The van der Waals surface area contributed by atoms with E-state index in [1.54, 1.807) is 13.2 Å². The fourth-order valence-corrected chi connectivity index (χ4v) is 2.00. The quantitative estimate of drug-likeness (QED) is 0.848. The summed E-state index contributed by atoms with van der Waals surface area (Å²) in [6.45, 7) is 4.91. The van der Waals surface area contributed by atoms with Crippen LogP contribution in [0.5, 0.6) is 0 Å². The van der Waals surface area contributed by atoms with Crippen molar-refractivity contribution >= 4 is 11.6 Å². The summed E-state index contributed by atoms with van der Waals surface area (Å²) in [5, 5.41) is 3.81. The molecule has 0 amide bonds. The summed E-state index contributed by atoms with van der Waals surface area (Å²) >= 11 is 6.01. The fraction of sp³-hybridized carbons (Fsp3) is 0.538. The maximum Gasteiger partial charge on any atom is 0.124 e. The average Bonchev–Trinajstić information content (AvgIpc) is 2.30. The van der Waals surface area contributed by atoms with Crippen LogP contribution >= 0.6 is 11.6 Å². The lowest BCUT2D eigenvalue weighted by molar-refractivity contribution is 0.0836. The van der Waals surface area contributed by atoms with Gasteiger partial charge < -0.3 is 10.1 Å². The maximum absolute atomic E-state index is 12.9. The molecule has 1 aromatic carbocycles. The van der Waals surface area contributed by atoms with E-state index in [1.165, 1.54) is 12.1 Å². The third kappa shape index (κ3) is 4.26. The van der Waals surface area contributed by atoms with Crippen molar-refractivity contribution in [2.24, 2.45) is 0 Å². The van der Waals surface area contributed by atoms with Crippen LogP contribution in [0.4, 0.5) is 4.39 Å². The zero-order chi connectivity index (χ0) is 12.8. The monoisotopic (exact) mass is 259 g/mol. The second-order valence-electron chi connectivity index (χ2n) is 4.04. The molecule has 0 aliphatic rings. The third-order valence-electron chi connectivity index (χ3n) is 2.86. The van der Waals surface area contributed by atoms with Gasteiger partial charge in [0.15, 0.2) is 0 Å². The minimum Gasteiger partial charge on any atom is -0.380 e. The Morgan fingerprint density at radius 2 is 2.18 bits per heavy atom. The molecule has 0 heterocycles. The summed E-state index contributed by atoms with van der Waals surface area (Å²) in [6, 6.07) is 4.68. The van der Waals surface area contributed by atoms with Gasteiger partial charge in [-0.05, 0) is 37.6 Å². The Hall–Kier alpha value is -0.640. The van der Waals surface area contributed by atoms with Crippen LogP contribution in [-0.4, -0.2) is 25.8 Å². The smallest absolute Gasteiger partial charge is 0.124 e. The predicted molar refractivity (Wildman–Crippen MR) is 69.0 cm³/mol. The highest BCUT2D eigenvalue weighted by molar-refractivity contribution is 6.31. The van der Waals surface area contributed by atoms with E-state index in [-0.39, 0.29) is 18.0 Å². The van der Waals surface area contributed by atoms with Crippen LogP contribution in [0, 0.1) is 5.82 Å². The standard InChI is InChI=1S/C13H19ClFNO/c1-4-16-13(9(2)17-3)7-10-5-6-11(15)8-12(10)14/h5-6,8-9,13,16H,4,7H2,1-3H3. The highest BCUT2D eigenvalue weighted by atomic mass is 35.5. The minimum absolute atomic E-state index is 0.0797. The van der Waals surface area contributed by atoms with Crippen LogP contribution in [0.15, 0.2) is 18.2 Å². The summed E-state index contributed by atoms with van der Waals surface area (Å²) in [5.41, 5.74) is 0.933. The summed E-state index contributed by atoms with van der Waals surface area (Å²) in [5.74, 6) is -0.307. The number of rotatable bonds is 6. The van der Waals surface area contributed by atoms with Gasteiger partial charge in [-0.15, -0.1) is 0 Å². The molecule has 0 aliphatic heterocycles. The van der Waals surface area contributed by atoms with E-state index in [1.807, 2.05) is 13.8 Å². The first-order chi connectivity index (χ1) is 8.08. The van der Waals surface area contributed by atoms with E-state index in [4.69, 9.17) is 16.3 Å². The van der Waals surface area contributed by atoms with Crippen LogP contribution in [0.2, 0.25) is 5.02 Å². The molecule has 1 N–H and O–H groups in total. The van der Waals surface area contributed by atoms with Gasteiger partial charge in [-0.1, -0.05) is 24.6 Å². The molecule has 2 unspecified atom stereocenters. The molecule has 2 nitrogen and oxygen atoms in total. The number of nitrogens with one attached hydrogen (secondary N) is 1. The Kier molecular flexibility index (Phi) is 5.89. The first-order valence-corrected chi connectivity index (χ1v) is 6.16. The molecule has 17 heavy (non-hydrogen) atoms. The van der Waals surface area contributed by atoms with Crippen LogP contribution in [0.1, 0.15) is 19.4 Å². The number of benzene rings is 1. The predicted octanol–water partition coefficient (Wildman–Crippen LogP) is 3.03. The summed E-state index contributed by atoms with van der Waals surface area (Å²) in [4.78, 5) is 0. The number of hydrogen-bond donors (Lipinski definition) is 1. The van der Waals surface area contributed by atoms with Crippen molar-refractivity contribution in [2.75, 3.05) is 13.7 Å². The summed E-state index contributed by atoms with van der Waals surface area (Å²) < 4.78 is 18.3. The van der Waals surface area contributed by atoms with Gasteiger partial charge in [0.1, 0.15) is 5.82 Å². The van der Waals surface area contributed by atoms with E-state index in [0.29, 0.717) is 5.02 Å². The lowest BCUT2D eigenvalue weighted by Gasteiger charge is -2.24. The van der Waals surface area contributed by atoms with E-state index < -0.39 is 0 Å². The van der Waals surface area contributed by atoms with Gasteiger partial charge in [0.2, 0.25) is 0 Å². The molecule has 0 aliphatic carbocycles. The molecule has 0 spiro atoms. The van der Waals surface area contributed by atoms with Crippen molar-refractivity contribution in [2.45, 2.75) is 32.4 Å². The molecular weight excluding hydrogens is 241 g/mol. The molecule has 2 atom stereocenters. The number of halogens is 2. The fourth-order valence-electron chi connectivity index (χ4n) is 1.75. The highest BCUT2D eigenvalue weighted by Gasteiger charge is 2.17. The first-order valence-electron chi connectivity index (χ1n) is 5.78. The van der Waals surface area contributed by atoms with E-state index >= 15 is 0 Å². The highest BCUT2D eigenvalue weighted by Crippen LogP contribution is 2.20. The third-order valence-corrected chi connectivity index (χ3v) is 3.21. The molecule has 1 aromatic rings. The number of ether oxygens (including phenoxy) is 1. The number of likely N-dealkylation sites (N-methyl/N-ethyl adjacent to an activating group) is 1. The van der Waals surface area contributed by atoms with Gasteiger partial charge in [0.25, 0.3) is 0 Å². The molecule has 96 valence electrons. The van der Waals surface area contributed by atoms with Crippen LogP contribution in [0.25, 0.3) is 0 Å². The zero-order valence-corrected chi connectivity index (χ0v) is 11.2. The lowest BCUT2D eigenvalue weighted by atomic mass is 10.0. The van der Waals surface area contributed by atoms with Crippen molar-refractivity contribution in [3.63, 3.8) is 0 Å². The van der Waals surface area contributed by atoms with Crippen LogP contribution in [-0.2, 0) is 11.2 Å². The molecule has 0 aromatic heterocycles. The van der Waals surface area contributed by atoms with E-state index in [2.05, 4.69) is 5.32 Å². The molecule has 0 saturated heterocycles. The number of methoxy groups -OCH3 is 1. The number of hydrogen-bond acceptors (Lipinski definition) is 2. The lowest BCUT2D eigenvalue weighted by Crippen LogP contribution is -2.41. The van der Waals surface area contributed by atoms with Crippen molar-refractivity contribution in [1.29, 1.82) is 0 Å². The largest absolute Gasteiger partial charge is 0.380 e. The zero-order valence-electron chi connectivity index (χ0n) is 10.5. The topological polar surface area (TPSA) is 21.3 Å². The molecule has 0 radical (unpaired) electrons. The Morgan fingerprint density at radius 3 is 2.71 bits per heavy atom. The van der Waals surface area contributed by atoms with Crippen molar-refractivity contribution in [3.8, 4) is 0 Å². The second kappa shape index (κ2) is 6.94. The van der Waals surface area contributed by atoms with Gasteiger partial charge in [0.05, 0.1) is 6.10 Å². The van der Waals surface area contributed by atoms with E-state index in [0.717, 1.165) is 18.5 Å². The molecule has 4 heteroatoms. The molecule has 1 rings (SSSR count). The average molecular weight is 260 g/mol. The Labute approximate surface area is 107 Å². The SMILES string of the molecule is CCNC(Cc1ccc(F)cc1Cl)C(C)OC. The Bertz CT molecular complexity index is 359. The van der Waals surface area contributed by atoms with Crippen molar-refractivity contribution in [3.05, 3.63) is 34.6 Å². The van der Waals surface area contributed by atoms with E-state index in [9.17, 15) is 4.39 Å². The normalized spacial score (nSPS) is 14.6. The molecule has 0 fully saturated rings. The summed E-state index contributed by atoms with van der Waals surface area (Å²) in [7, 11) is 1.68.